The van der Waals surface area contributed by atoms with E-state index in [4.69, 9.17) is 21.4 Å². The Morgan fingerprint density at radius 1 is 1.16 bits per heavy atom. The van der Waals surface area contributed by atoms with Gasteiger partial charge >= 0.3 is 0 Å². The van der Waals surface area contributed by atoms with Gasteiger partial charge in [-0.2, -0.15) is 0 Å². The van der Waals surface area contributed by atoms with Crippen molar-refractivity contribution in [1.29, 1.82) is 0 Å². The van der Waals surface area contributed by atoms with Crippen LogP contribution in [0.3, 0.4) is 0 Å². The first-order valence-corrected chi connectivity index (χ1v) is 8.40. The topological polar surface area (TPSA) is 92.6 Å². The summed E-state index contributed by atoms with van der Waals surface area (Å²) in [5.41, 5.74) is 6.84. The summed E-state index contributed by atoms with van der Waals surface area (Å²) in [7, 11) is 0. The second kappa shape index (κ2) is 8.63. The molecule has 25 heavy (non-hydrogen) atoms. The second-order valence-corrected chi connectivity index (χ2v) is 6.36. The molecule has 2 amide bonds. The van der Waals surface area contributed by atoms with E-state index in [0.29, 0.717) is 10.4 Å². The predicted molar refractivity (Wildman–Crippen MR) is 99.2 cm³/mol. The molecular weight excluding hydrogens is 410 g/mol. The number of carbonyl (C=O) groups is 2. The fraction of sp³-hybridized carbons (Fsp3) is 0.188. The summed E-state index contributed by atoms with van der Waals surface area (Å²) in [5.74, 6) is -0.298. The first kappa shape index (κ1) is 18.9. The van der Waals surface area contributed by atoms with Crippen molar-refractivity contribution < 1.29 is 18.7 Å². The molecule has 9 heteroatoms. The lowest BCUT2D eigenvalue weighted by Gasteiger charge is -2.11. The molecule has 0 atom stereocenters. The highest BCUT2D eigenvalue weighted by molar-refractivity contribution is 9.10. The number of benzene rings is 1. The number of thiocarbonyl (C=S) groups is 1. The summed E-state index contributed by atoms with van der Waals surface area (Å²) < 4.78 is 10.9. The molecule has 0 bridgehead atoms. The van der Waals surface area contributed by atoms with Crippen molar-refractivity contribution in [3.8, 4) is 5.75 Å². The molecule has 3 N–H and O–H groups in total. The Balaban J connectivity index is 1.73. The minimum atomic E-state index is -0.538. The third-order valence-electron chi connectivity index (χ3n) is 2.90. The summed E-state index contributed by atoms with van der Waals surface area (Å²) in [6.45, 7) is 3.69. The predicted octanol–water partition coefficient (Wildman–Crippen LogP) is 2.37. The van der Waals surface area contributed by atoms with E-state index in [1.807, 2.05) is 32.0 Å². The summed E-state index contributed by atoms with van der Waals surface area (Å²) in [4.78, 5) is 23.6. The zero-order chi connectivity index (χ0) is 18.4. The standard InChI is InChI=1S/C16H16BrN3O4S/c1-9-5-10(2)7-11(6-9)23-8-14(21)19-20-16(25)18-15(22)12-3-4-13(17)24-12/h3-7H,8H2,1-2H3,(H,19,21)(H2,18,20,22,25). The van der Waals surface area contributed by atoms with Crippen LogP contribution >= 0.6 is 28.1 Å². The number of furan rings is 1. The highest BCUT2D eigenvalue weighted by Crippen LogP contribution is 2.16. The Morgan fingerprint density at radius 3 is 2.44 bits per heavy atom. The van der Waals surface area contributed by atoms with Crippen LogP contribution in [0.1, 0.15) is 21.7 Å². The Bertz CT molecular complexity index is 786. The first-order chi connectivity index (χ1) is 11.8. The number of rotatable bonds is 4. The number of amides is 2. The smallest absolute Gasteiger partial charge is 0.293 e. The molecule has 7 nitrogen and oxygen atoms in total. The van der Waals surface area contributed by atoms with Crippen molar-refractivity contribution in [1.82, 2.24) is 16.2 Å². The highest BCUT2D eigenvalue weighted by Gasteiger charge is 2.12. The SMILES string of the molecule is Cc1cc(C)cc(OCC(=O)NNC(=S)NC(=O)c2ccc(Br)o2)c1. The van der Waals surface area contributed by atoms with Gasteiger partial charge in [-0.1, -0.05) is 6.07 Å². The summed E-state index contributed by atoms with van der Waals surface area (Å²) in [6.07, 6.45) is 0. The third kappa shape index (κ3) is 6.20. The van der Waals surface area contributed by atoms with Crippen molar-refractivity contribution >= 4 is 45.1 Å². The van der Waals surface area contributed by atoms with E-state index in [9.17, 15) is 9.59 Å². The molecule has 0 radical (unpaired) electrons. The van der Waals surface area contributed by atoms with E-state index >= 15 is 0 Å². The molecule has 0 aliphatic heterocycles. The summed E-state index contributed by atoms with van der Waals surface area (Å²) in [5, 5.41) is 2.29. The van der Waals surface area contributed by atoms with Crippen LogP contribution in [0.4, 0.5) is 0 Å². The zero-order valence-electron chi connectivity index (χ0n) is 13.5. The maximum absolute atomic E-state index is 11.8. The van der Waals surface area contributed by atoms with Crippen molar-refractivity contribution in [2.45, 2.75) is 13.8 Å². The molecule has 0 fully saturated rings. The van der Waals surface area contributed by atoms with Crippen LogP contribution in [0, 0.1) is 13.8 Å². The van der Waals surface area contributed by atoms with Gasteiger partial charge in [0.15, 0.2) is 22.1 Å². The number of hydrazine groups is 1. The van der Waals surface area contributed by atoms with Gasteiger partial charge in [0, 0.05) is 0 Å². The van der Waals surface area contributed by atoms with Crippen LogP contribution in [-0.4, -0.2) is 23.5 Å². The molecular formula is C16H16BrN3O4S. The van der Waals surface area contributed by atoms with Crippen LogP contribution in [0.5, 0.6) is 5.75 Å². The van der Waals surface area contributed by atoms with Gasteiger partial charge in [-0.05, 0) is 77.4 Å². The fourth-order valence-electron chi connectivity index (χ4n) is 1.96. The van der Waals surface area contributed by atoms with E-state index in [1.165, 1.54) is 6.07 Å². The lowest BCUT2D eigenvalue weighted by molar-refractivity contribution is -0.123. The fourth-order valence-corrected chi connectivity index (χ4v) is 2.41. The van der Waals surface area contributed by atoms with Crippen LogP contribution in [0.2, 0.25) is 0 Å². The highest BCUT2D eigenvalue weighted by atomic mass is 79.9. The van der Waals surface area contributed by atoms with Crippen molar-refractivity contribution in [3.63, 3.8) is 0 Å². The molecule has 0 unspecified atom stereocenters. The van der Waals surface area contributed by atoms with Gasteiger partial charge in [-0.25, -0.2) is 0 Å². The van der Waals surface area contributed by atoms with Gasteiger partial charge in [0.05, 0.1) is 0 Å². The average molecular weight is 426 g/mol. The normalized spacial score (nSPS) is 10.0. The summed E-state index contributed by atoms with van der Waals surface area (Å²) >= 11 is 8.01. The molecule has 1 heterocycles. The lowest BCUT2D eigenvalue weighted by Crippen LogP contribution is -2.49. The quantitative estimate of drug-likeness (QED) is 0.514. The zero-order valence-corrected chi connectivity index (χ0v) is 15.9. The van der Waals surface area contributed by atoms with E-state index in [-0.39, 0.29) is 17.5 Å². The van der Waals surface area contributed by atoms with E-state index < -0.39 is 11.8 Å². The van der Waals surface area contributed by atoms with E-state index in [0.717, 1.165) is 11.1 Å². The Hall–Kier alpha value is -2.39. The first-order valence-electron chi connectivity index (χ1n) is 7.20. The molecule has 1 aromatic carbocycles. The van der Waals surface area contributed by atoms with E-state index in [1.54, 1.807) is 6.07 Å². The molecule has 0 saturated carbocycles. The third-order valence-corrected chi connectivity index (χ3v) is 3.53. The van der Waals surface area contributed by atoms with Crippen LogP contribution < -0.4 is 20.9 Å². The number of hydrogen-bond acceptors (Lipinski definition) is 5. The largest absolute Gasteiger partial charge is 0.484 e. The monoisotopic (exact) mass is 425 g/mol. The Kier molecular flexibility index (Phi) is 6.54. The number of hydrogen-bond donors (Lipinski definition) is 3. The molecule has 132 valence electrons. The van der Waals surface area contributed by atoms with Crippen molar-refractivity contribution in [3.05, 3.63) is 51.9 Å². The maximum Gasteiger partial charge on any atom is 0.293 e. The molecule has 0 aliphatic rings. The molecule has 2 rings (SSSR count). The van der Waals surface area contributed by atoms with Crippen LogP contribution in [-0.2, 0) is 4.79 Å². The maximum atomic E-state index is 11.8. The Labute approximate surface area is 158 Å². The van der Waals surface area contributed by atoms with Crippen LogP contribution in [0.25, 0.3) is 0 Å². The molecule has 1 aromatic heterocycles. The number of carbonyl (C=O) groups excluding carboxylic acids is 2. The molecule has 0 spiro atoms. The number of ether oxygens (including phenoxy) is 1. The van der Waals surface area contributed by atoms with Crippen molar-refractivity contribution in [2.75, 3.05) is 6.61 Å². The van der Waals surface area contributed by atoms with Crippen molar-refractivity contribution in [2.24, 2.45) is 0 Å². The lowest BCUT2D eigenvalue weighted by atomic mass is 10.1. The van der Waals surface area contributed by atoms with Gasteiger partial charge in [0.1, 0.15) is 5.75 Å². The van der Waals surface area contributed by atoms with Gasteiger partial charge in [0.25, 0.3) is 11.8 Å². The number of nitrogens with one attached hydrogen (secondary N) is 3. The molecule has 2 aromatic rings. The molecule has 0 aliphatic carbocycles. The molecule has 0 saturated heterocycles. The Morgan fingerprint density at radius 2 is 1.84 bits per heavy atom. The number of halogens is 1. The van der Waals surface area contributed by atoms with Gasteiger partial charge < -0.3 is 9.15 Å². The van der Waals surface area contributed by atoms with Gasteiger partial charge in [-0.15, -0.1) is 0 Å². The minimum Gasteiger partial charge on any atom is -0.484 e. The minimum absolute atomic E-state index is 0.0720. The van der Waals surface area contributed by atoms with E-state index in [2.05, 4.69) is 32.1 Å². The average Bonchev–Trinajstić information content (AvgIpc) is 2.96. The second-order valence-electron chi connectivity index (χ2n) is 5.17. The van der Waals surface area contributed by atoms with Gasteiger partial charge in [-0.3, -0.25) is 25.8 Å². The summed E-state index contributed by atoms with van der Waals surface area (Å²) in [6, 6.07) is 8.74. The number of aryl methyl sites for hydroxylation is 2. The van der Waals surface area contributed by atoms with Gasteiger partial charge in [0.2, 0.25) is 0 Å². The van der Waals surface area contributed by atoms with Crippen LogP contribution in [0.15, 0.2) is 39.4 Å².